The maximum atomic E-state index is 4.81. The van der Waals surface area contributed by atoms with E-state index < -0.39 is 4.30 Å². The Morgan fingerprint density at radius 1 is 0.484 bits per heavy atom. The average Bonchev–Trinajstić information content (AvgIpc) is 4.16. The van der Waals surface area contributed by atoms with E-state index in [2.05, 4.69) is 150 Å². The molecule has 0 unspecified atom stereocenters. The summed E-state index contributed by atoms with van der Waals surface area (Å²) in [6.45, 7) is 3.70. The molecule has 4 aromatic heterocycles. The van der Waals surface area contributed by atoms with Gasteiger partial charge in [-0.15, -0.1) is 10.2 Å². The maximum absolute atomic E-state index is 4.81. The third-order valence-corrected chi connectivity index (χ3v) is 11.3. The molecule has 0 aliphatic carbocycles. The van der Waals surface area contributed by atoms with Crippen LogP contribution in [-0.4, -0.2) is 67.1 Å². The van der Waals surface area contributed by atoms with E-state index in [4.69, 9.17) is 34.8 Å². The molecule has 0 saturated carbocycles. The highest BCUT2D eigenvalue weighted by atomic mass is 35.6. The third kappa shape index (κ3) is 11.4. The molecule has 0 spiro atoms. The van der Waals surface area contributed by atoms with Gasteiger partial charge in [-0.25, -0.2) is 9.36 Å². The summed E-state index contributed by atoms with van der Waals surface area (Å²) in [5.41, 5.74) is 9.21. The Morgan fingerprint density at radius 2 is 0.855 bits per heavy atom. The topological polar surface area (TPSA) is 93.7 Å². The first-order valence-electron chi connectivity index (χ1n) is 20.7. The lowest BCUT2D eigenvalue weighted by atomic mass is 10.0. The number of likely N-dealkylation sites (tertiary alicyclic amines) is 2. The van der Waals surface area contributed by atoms with Gasteiger partial charge in [-0.2, -0.15) is 0 Å². The first kappa shape index (κ1) is 42.9. The minimum atomic E-state index is -0.750. The summed E-state index contributed by atoms with van der Waals surface area (Å²) in [7, 11) is 0. The van der Waals surface area contributed by atoms with Crippen molar-refractivity contribution < 1.29 is 0 Å². The molecule has 2 saturated heterocycles. The molecule has 2 aliphatic heterocycles. The standard InChI is InChI=1S/2C24H23N5.CHCl3/c2*1-3-8-19(9-4-1)16-28-17-22(14-24(28)21-12-7-13-25-15-21)29-18-23(26-27-29)20-10-5-2-6-11-20;2-1(3)4/h2*1-13,15,18,22,24H,14,16-17H2;1H/t2*22-,24+;/m11./s1. The zero-order valence-electron chi connectivity index (χ0n) is 34.1. The van der Waals surface area contributed by atoms with Gasteiger partial charge in [0.2, 0.25) is 0 Å². The number of rotatable bonds is 10. The van der Waals surface area contributed by atoms with E-state index in [0.717, 1.165) is 61.5 Å². The molecule has 0 radical (unpaired) electrons. The average molecular weight is 882 g/mol. The lowest BCUT2D eigenvalue weighted by Gasteiger charge is -2.24. The fraction of sp³-hybridized carbons (Fsp3) is 0.224. The molecule has 0 bridgehead atoms. The number of halogens is 3. The number of alkyl halides is 3. The predicted molar refractivity (Wildman–Crippen MR) is 247 cm³/mol. The van der Waals surface area contributed by atoms with Crippen molar-refractivity contribution in [1.82, 2.24) is 49.8 Å². The fourth-order valence-electron chi connectivity index (χ4n) is 8.36. The van der Waals surface area contributed by atoms with Crippen molar-refractivity contribution in [2.75, 3.05) is 13.1 Å². The molecule has 10 rings (SSSR count). The zero-order chi connectivity index (χ0) is 42.5. The van der Waals surface area contributed by atoms with Crippen molar-refractivity contribution in [3.63, 3.8) is 0 Å². The first-order chi connectivity index (χ1) is 30.5. The summed E-state index contributed by atoms with van der Waals surface area (Å²) in [6, 6.07) is 51.4. The summed E-state index contributed by atoms with van der Waals surface area (Å²) >= 11 is 14.4. The largest absolute Gasteiger partial charge is 0.290 e. The summed E-state index contributed by atoms with van der Waals surface area (Å²) in [4.78, 5) is 13.8. The number of pyridine rings is 2. The van der Waals surface area contributed by atoms with Gasteiger partial charge < -0.3 is 0 Å². The van der Waals surface area contributed by atoms with Crippen molar-refractivity contribution in [1.29, 1.82) is 0 Å². The van der Waals surface area contributed by atoms with E-state index in [-0.39, 0.29) is 12.1 Å². The van der Waals surface area contributed by atoms with Crippen LogP contribution in [0.15, 0.2) is 183 Å². The zero-order valence-corrected chi connectivity index (χ0v) is 36.3. The second-order valence-electron chi connectivity index (χ2n) is 15.4. The van der Waals surface area contributed by atoms with Crippen LogP contribution in [0.3, 0.4) is 0 Å². The molecule has 4 aromatic carbocycles. The van der Waals surface area contributed by atoms with Gasteiger partial charge >= 0.3 is 0 Å². The summed E-state index contributed by atoms with van der Waals surface area (Å²) in [5, 5.41) is 17.8. The lowest BCUT2D eigenvalue weighted by Crippen LogP contribution is -2.24. The van der Waals surface area contributed by atoms with Gasteiger partial charge in [0.1, 0.15) is 11.4 Å². The molecule has 314 valence electrons. The normalized spacial score (nSPS) is 18.8. The first-order valence-corrected chi connectivity index (χ1v) is 22.0. The molecule has 10 nitrogen and oxygen atoms in total. The van der Waals surface area contributed by atoms with Crippen LogP contribution >= 0.6 is 34.8 Å². The number of hydrogen-bond acceptors (Lipinski definition) is 8. The lowest BCUT2D eigenvalue weighted by molar-refractivity contribution is 0.243. The Balaban J connectivity index is 0.000000157. The van der Waals surface area contributed by atoms with Gasteiger partial charge in [-0.3, -0.25) is 19.8 Å². The minimum absolute atomic E-state index is 0.286. The van der Waals surface area contributed by atoms with Crippen molar-refractivity contribution in [3.05, 3.63) is 205 Å². The van der Waals surface area contributed by atoms with E-state index in [9.17, 15) is 0 Å². The van der Waals surface area contributed by atoms with Gasteiger partial charge in [0.15, 0.2) is 4.30 Å². The fourth-order valence-corrected chi connectivity index (χ4v) is 8.36. The van der Waals surface area contributed by atoms with Crippen molar-refractivity contribution in [2.24, 2.45) is 0 Å². The highest BCUT2D eigenvalue weighted by molar-refractivity contribution is 6.63. The maximum Gasteiger partial charge on any atom is 0.180 e. The highest BCUT2D eigenvalue weighted by Crippen LogP contribution is 2.40. The van der Waals surface area contributed by atoms with E-state index >= 15 is 0 Å². The summed E-state index contributed by atoms with van der Waals surface area (Å²) < 4.78 is 3.33. The minimum Gasteiger partial charge on any atom is -0.290 e. The molecule has 2 fully saturated rings. The molecule has 0 N–H and O–H groups in total. The van der Waals surface area contributed by atoms with Gasteiger partial charge in [0.25, 0.3) is 0 Å². The number of benzene rings is 4. The van der Waals surface area contributed by atoms with Crippen LogP contribution in [0, 0.1) is 0 Å². The van der Waals surface area contributed by atoms with Crippen LogP contribution in [0.4, 0.5) is 0 Å². The Hall–Kier alpha value is -5.75. The molecular weight excluding hydrogens is 835 g/mol. The smallest absolute Gasteiger partial charge is 0.180 e. The Morgan fingerprint density at radius 3 is 1.21 bits per heavy atom. The molecule has 62 heavy (non-hydrogen) atoms. The molecule has 6 heterocycles. The van der Waals surface area contributed by atoms with Gasteiger partial charge in [0.05, 0.1) is 24.5 Å². The van der Waals surface area contributed by atoms with Crippen LogP contribution in [0.1, 0.15) is 59.3 Å². The van der Waals surface area contributed by atoms with E-state index in [0.29, 0.717) is 12.1 Å². The monoisotopic (exact) mass is 880 g/mol. The number of aromatic nitrogens is 8. The number of hydrogen-bond donors (Lipinski definition) is 0. The Bertz CT molecular complexity index is 2330. The Kier molecular flexibility index (Phi) is 14.8. The van der Waals surface area contributed by atoms with E-state index in [1.807, 2.05) is 82.7 Å². The SMILES string of the molecule is ClC(Cl)Cl.c1ccc(CN2C[C@H](n3cc(-c4ccccc4)nn3)C[C@H]2c2cccnc2)cc1.c1ccc(CN2C[C@H](n3cc(-c4ccccc4)nn3)C[C@H]2c2cccnc2)cc1. The molecular formula is C49H47Cl3N10. The molecule has 13 heteroatoms. The van der Waals surface area contributed by atoms with Crippen molar-refractivity contribution in [2.45, 2.75) is 54.4 Å². The van der Waals surface area contributed by atoms with Gasteiger partial charge in [0, 0.05) is 74.2 Å². The quantitative estimate of drug-likeness (QED) is 0.125. The van der Waals surface area contributed by atoms with Gasteiger partial charge in [-0.1, -0.05) is 179 Å². The van der Waals surface area contributed by atoms with Crippen molar-refractivity contribution >= 4 is 34.8 Å². The molecule has 2 aliphatic rings. The molecule has 4 atom stereocenters. The van der Waals surface area contributed by atoms with E-state index in [1.165, 1.54) is 22.3 Å². The van der Waals surface area contributed by atoms with Gasteiger partial charge in [-0.05, 0) is 47.2 Å². The predicted octanol–water partition coefficient (Wildman–Crippen LogP) is 11.0. The van der Waals surface area contributed by atoms with Crippen LogP contribution in [0.2, 0.25) is 0 Å². The molecule has 8 aromatic rings. The van der Waals surface area contributed by atoms with Crippen molar-refractivity contribution in [3.8, 4) is 22.5 Å². The second kappa shape index (κ2) is 21.4. The molecule has 0 amide bonds. The van der Waals surface area contributed by atoms with Crippen LogP contribution in [-0.2, 0) is 13.1 Å². The second-order valence-corrected chi connectivity index (χ2v) is 17.3. The highest BCUT2D eigenvalue weighted by Gasteiger charge is 2.36. The summed E-state index contributed by atoms with van der Waals surface area (Å²) in [6.07, 6.45) is 13.8. The third-order valence-electron chi connectivity index (χ3n) is 11.3. The summed E-state index contributed by atoms with van der Waals surface area (Å²) in [5.74, 6) is 0. The van der Waals surface area contributed by atoms with Crippen LogP contribution in [0.5, 0.6) is 0 Å². The van der Waals surface area contributed by atoms with E-state index in [1.54, 1.807) is 0 Å². The Labute approximate surface area is 377 Å². The van der Waals surface area contributed by atoms with Crippen LogP contribution < -0.4 is 0 Å². The number of nitrogens with zero attached hydrogens (tertiary/aromatic N) is 10. The van der Waals surface area contributed by atoms with Crippen LogP contribution in [0.25, 0.3) is 22.5 Å².